The number of para-hydroxylation sites is 2. The summed E-state index contributed by atoms with van der Waals surface area (Å²) in [6, 6.07) is 33.4. The molecule has 10 heteroatoms. The maximum absolute atomic E-state index is 9.94. The Balaban J connectivity index is 1.37. The van der Waals surface area contributed by atoms with Crippen LogP contribution in [0.3, 0.4) is 0 Å². The van der Waals surface area contributed by atoms with E-state index < -0.39 is 0 Å². The van der Waals surface area contributed by atoms with Crippen LogP contribution in [0.25, 0.3) is 45.8 Å². The van der Waals surface area contributed by atoms with Crippen LogP contribution in [0.2, 0.25) is 0 Å². The third kappa shape index (κ3) is 8.96. The van der Waals surface area contributed by atoms with Crippen molar-refractivity contribution >= 4 is 57.3 Å². The lowest BCUT2D eigenvalue weighted by Gasteiger charge is -2.27. The summed E-state index contributed by atoms with van der Waals surface area (Å²) in [5, 5.41) is 39.8. The molecule has 0 radical (unpaired) electrons. The summed E-state index contributed by atoms with van der Waals surface area (Å²) in [5.41, 5.74) is 9.69. The van der Waals surface area contributed by atoms with E-state index in [-0.39, 0.29) is 22.0 Å². The Bertz CT molecular complexity index is 2830. The molecule has 8 nitrogen and oxygen atoms in total. The Morgan fingerprint density at radius 3 is 1.34 bits per heavy atom. The Kier molecular flexibility index (Phi) is 14.1. The normalized spacial score (nSPS) is 16.3. The van der Waals surface area contributed by atoms with Gasteiger partial charge in [-0.1, -0.05) is 135 Å². The monoisotopic (exact) mass is 878 g/mol. The summed E-state index contributed by atoms with van der Waals surface area (Å²) in [6.07, 6.45) is 17.8. The molecule has 0 spiro atoms. The molecule has 0 N–H and O–H groups in total. The van der Waals surface area contributed by atoms with Gasteiger partial charge in [-0.05, 0) is 66.5 Å². The van der Waals surface area contributed by atoms with E-state index in [1.807, 2.05) is 48.5 Å². The van der Waals surface area contributed by atoms with Gasteiger partial charge in [0.05, 0.1) is 20.5 Å². The lowest BCUT2D eigenvalue weighted by atomic mass is 9.84. The summed E-state index contributed by atoms with van der Waals surface area (Å²) >= 11 is 2.66. The van der Waals surface area contributed by atoms with Crippen LogP contribution in [-0.4, -0.2) is 23.1 Å². The van der Waals surface area contributed by atoms with Gasteiger partial charge in [0.1, 0.15) is 33.6 Å². The number of aromatic nitrogens is 2. The first kappa shape index (κ1) is 45.5. The number of anilines is 2. The molecule has 0 aliphatic carbocycles. The fourth-order valence-electron chi connectivity index (χ4n) is 9.04. The molecule has 3 aromatic carbocycles. The first-order chi connectivity index (χ1) is 31.0. The molecule has 2 aromatic heterocycles. The first-order valence-electron chi connectivity index (χ1n) is 22.3. The molecular weight excluding hydrogens is 825 g/mol. The van der Waals surface area contributed by atoms with E-state index in [0.29, 0.717) is 20.7 Å². The zero-order valence-electron chi connectivity index (χ0n) is 37.7. The average molecular weight is 879 g/mol. The topological polar surface area (TPSA) is 127 Å². The molecule has 0 saturated carbocycles. The molecule has 0 bridgehead atoms. The van der Waals surface area contributed by atoms with Crippen molar-refractivity contribution in [1.29, 1.82) is 21.0 Å². The number of allylic oxidation sites excluding steroid dienone is 4. The minimum Gasteiger partial charge on any atom is -0.344 e. The van der Waals surface area contributed by atoms with Crippen LogP contribution in [0.15, 0.2) is 96.3 Å². The number of hydrogen-bond acceptors (Lipinski definition) is 10. The second-order valence-electron chi connectivity index (χ2n) is 17.4. The summed E-state index contributed by atoms with van der Waals surface area (Å²) in [6.45, 7) is 15.3. The maximum Gasteiger partial charge on any atom is 0.165 e. The van der Waals surface area contributed by atoms with Crippen molar-refractivity contribution in [3.05, 3.63) is 126 Å². The molecule has 2 aliphatic heterocycles. The number of benzene rings is 3. The molecule has 4 heterocycles. The van der Waals surface area contributed by atoms with Gasteiger partial charge in [0.2, 0.25) is 0 Å². The third-order valence-corrected chi connectivity index (χ3v) is 14.5. The van der Waals surface area contributed by atoms with Crippen molar-refractivity contribution in [2.75, 3.05) is 22.9 Å². The summed E-state index contributed by atoms with van der Waals surface area (Å²) < 4.78 is 2.36. The number of fused-ring (bicyclic) bond motifs is 2. The number of rotatable bonds is 14. The van der Waals surface area contributed by atoms with Crippen LogP contribution in [0.5, 0.6) is 0 Å². The molecule has 5 aromatic rings. The number of hydrogen-bond donors (Lipinski definition) is 0. The standard InChI is InChI=1S/C54H54N8S2/c1-7-9-11-17-30-61-43-24-15-13-22-41(43)53(3,4)47(61)28-26-45-49(59-51(63-45)39(33-55)34-56)37-20-19-21-38(32-37)50-46(64-52(60-50)40(35-57)36-58)27-29-48-54(5,6)42-23-14-16-25-44(42)62(48)31-18-12-10-8-2/h13-16,19-29,32H,7-12,17-18,30-31H2,1-6H3/b45-26-,46-27-,47-28+,48-29+. The van der Waals surface area contributed by atoms with Crippen molar-refractivity contribution in [1.82, 2.24) is 9.97 Å². The molecule has 64 heavy (non-hydrogen) atoms. The number of nitrogens with zero attached hydrogens (tertiary/aromatic N) is 8. The van der Waals surface area contributed by atoms with Crippen LogP contribution in [0.4, 0.5) is 11.4 Å². The van der Waals surface area contributed by atoms with Gasteiger partial charge in [-0.15, -0.1) is 22.7 Å². The highest BCUT2D eigenvalue weighted by Crippen LogP contribution is 2.49. The minimum absolute atomic E-state index is 0.0394. The number of thiazole rings is 2. The number of nitriles is 4. The second-order valence-corrected chi connectivity index (χ2v) is 19.4. The molecule has 0 fully saturated rings. The van der Waals surface area contributed by atoms with E-state index in [1.165, 1.54) is 95.1 Å². The molecule has 322 valence electrons. The smallest absolute Gasteiger partial charge is 0.165 e. The van der Waals surface area contributed by atoms with Crippen molar-refractivity contribution in [2.45, 2.75) is 104 Å². The zero-order valence-corrected chi connectivity index (χ0v) is 39.3. The largest absolute Gasteiger partial charge is 0.344 e. The fourth-order valence-corrected chi connectivity index (χ4v) is 10.9. The minimum atomic E-state index is -0.252. The van der Waals surface area contributed by atoms with Gasteiger partial charge in [0.15, 0.2) is 11.1 Å². The van der Waals surface area contributed by atoms with Gasteiger partial charge in [-0.25, -0.2) is 9.97 Å². The quantitative estimate of drug-likeness (QED) is 0.101. The first-order valence-corrected chi connectivity index (χ1v) is 24.0. The van der Waals surface area contributed by atoms with Crippen molar-refractivity contribution in [3.8, 4) is 46.8 Å². The van der Waals surface area contributed by atoms with Gasteiger partial charge in [-0.2, -0.15) is 21.0 Å². The van der Waals surface area contributed by atoms with Gasteiger partial charge in [0, 0.05) is 57.8 Å². The summed E-state index contributed by atoms with van der Waals surface area (Å²) in [4.78, 5) is 14.8. The summed E-state index contributed by atoms with van der Waals surface area (Å²) in [5.74, 6) is 0. The van der Waals surface area contributed by atoms with E-state index in [2.05, 4.69) is 124 Å². The van der Waals surface area contributed by atoms with Crippen molar-refractivity contribution in [2.24, 2.45) is 0 Å². The molecular formula is C54H54N8S2. The van der Waals surface area contributed by atoms with Gasteiger partial charge in [-0.3, -0.25) is 0 Å². The Hall–Kier alpha value is -6.56. The van der Waals surface area contributed by atoms with Crippen LogP contribution in [0, 0.1) is 45.3 Å². The van der Waals surface area contributed by atoms with Crippen molar-refractivity contribution < 1.29 is 0 Å². The predicted molar refractivity (Wildman–Crippen MR) is 263 cm³/mol. The lowest BCUT2D eigenvalue weighted by molar-refractivity contribution is 0.612. The summed E-state index contributed by atoms with van der Waals surface area (Å²) in [7, 11) is 0. The zero-order chi connectivity index (χ0) is 45.4. The molecule has 0 atom stereocenters. The Labute approximate surface area is 385 Å². The Morgan fingerprint density at radius 2 is 0.953 bits per heavy atom. The van der Waals surface area contributed by atoms with Gasteiger partial charge >= 0.3 is 0 Å². The highest BCUT2D eigenvalue weighted by molar-refractivity contribution is 7.08. The third-order valence-electron chi connectivity index (χ3n) is 12.4. The lowest BCUT2D eigenvalue weighted by Crippen LogP contribution is -2.27. The maximum atomic E-state index is 9.94. The van der Waals surface area contributed by atoms with E-state index in [0.717, 1.165) is 46.1 Å². The number of unbranched alkanes of at least 4 members (excludes halogenated alkanes) is 6. The molecule has 2 aliphatic rings. The average Bonchev–Trinajstić information content (AvgIpc) is 4.03. The fraction of sp³-hybridized carbons (Fsp3) is 0.333. The van der Waals surface area contributed by atoms with Crippen LogP contribution in [-0.2, 0) is 10.8 Å². The highest BCUT2D eigenvalue weighted by Gasteiger charge is 2.40. The molecule has 0 amide bonds. The van der Waals surface area contributed by atoms with E-state index in [1.54, 1.807) is 0 Å². The SMILES string of the molecule is CCCCCCN1/C(=C/C=c2\sc(=C(C#N)C#N)nc2-c2cccc(-c3nc(=C(C#N)C#N)s/c3=C\C=C3\N(CCCCCC)c4ccccc4C3(C)C)c2)C(C)(C)c2ccccc21. The highest BCUT2D eigenvalue weighted by atomic mass is 32.1. The van der Waals surface area contributed by atoms with Crippen molar-refractivity contribution in [3.63, 3.8) is 0 Å². The molecule has 7 rings (SSSR count). The molecule has 0 saturated heterocycles. The van der Waals surface area contributed by atoms with Gasteiger partial charge in [0.25, 0.3) is 0 Å². The van der Waals surface area contributed by atoms with E-state index >= 15 is 0 Å². The van der Waals surface area contributed by atoms with Crippen LogP contribution < -0.4 is 28.2 Å². The predicted octanol–water partition coefficient (Wildman–Crippen LogP) is 10.4. The second kappa shape index (κ2) is 19.9. The van der Waals surface area contributed by atoms with E-state index in [9.17, 15) is 21.0 Å². The van der Waals surface area contributed by atoms with Crippen LogP contribution in [0.1, 0.15) is 104 Å². The van der Waals surface area contributed by atoms with E-state index in [4.69, 9.17) is 9.97 Å². The van der Waals surface area contributed by atoms with Gasteiger partial charge < -0.3 is 9.80 Å². The molecule has 0 unspecified atom stereocenters. The Morgan fingerprint density at radius 1 is 0.547 bits per heavy atom. The van der Waals surface area contributed by atoms with Crippen LogP contribution >= 0.6 is 22.7 Å².